The van der Waals surface area contributed by atoms with Crippen molar-refractivity contribution >= 4 is 23.5 Å². The van der Waals surface area contributed by atoms with Gasteiger partial charge in [-0.15, -0.1) is 0 Å². The van der Waals surface area contributed by atoms with Gasteiger partial charge >= 0.3 is 5.97 Å². The molecule has 0 aliphatic carbocycles. The zero-order valence-electron chi connectivity index (χ0n) is 13.0. The number of benzene rings is 1. The van der Waals surface area contributed by atoms with Crippen LogP contribution >= 0.6 is 11.6 Å². The molecule has 4 nitrogen and oxygen atoms in total. The SMILES string of the molecule is CC[C@H](C)OC(=O)C1=C(C)NC(=O)C[C@@H]1c1ccccc1Cl. The number of allylic oxidation sites excluding steroid dienone is 1. The lowest BCUT2D eigenvalue weighted by Crippen LogP contribution is -2.35. The minimum atomic E-state index is -0.392. The lowest BCUT2D eigenvalue weighted by Gasteiger charge is -2.28. The number of halogens is 1. The molecule has 0 saturated heterocycles. The zero-order chi connectivity index (χ0) is 16.3. The molecule has 5 heteroatoms. The van der Waals surface area contributed by atoms with E-state index in [1.807, 2.05) is 32.0 Å². The highest BCUT2D eigenvalue weighted by Gasteiger charge is 2.34. The van der Waals surface area contributed by atoms with Crippen LogP contribution in [0.15, 0.2) is 35.5 Å². The van der Waals surface area contributed by atoms with Crippen LogP contribution in [0.25, 0.3) is 0 Å². The number of hydrogen-bond acceptors (Lipinski definition) is 3. The molecule has 2 rings (SSSR count). The maximum Gasteiger partial charge on any atom is 0.336 e. The molecule has 0 unspecified atom stereocenters. The summed E-state index contributed by atoms with van der Waals surface area (Å²) in [7, 11) is 0. The van der Waals surface area contributed by atoms with Gasteiger partial charge in [0.2, 0.25) is 5.91 Å². The molecule has 1 aliphatic rings. The topological polar surface area (TPSA) is 55.4 Å². The van der Waals surface area contributed by atoms with Gasteiger partial charge in [-0.3, -0.25) is 4.79 Å². The fraction of sp³-hybridized carbons (Fsp3) is 0.412. The van der Waals surface area contributed by atoms with Crippen molar-refractivity contribution < 1.29 is 14.3 Å². The predicted molar refractivity (Wildman–Crippen MR) is 85.5 cm³/mol. The molecule has 1 aliphatic heterocycles. The summed E-state index contributed by atoms with van der Waals surface area (Å²) in [5, 5.41) is 3.26. The van der Waals surface area contributed by atoms with E-state index in [0.717, 1.165) is 12.0 Å². The van der Waals surface area contributed by atoms with Crippen molar-refractivity contribution in [3.8, 4) is 0 Å². The lowest BCUT2D eigenvalue weighted by molar-refractivity contribution is -0.144. The Morgan fingerprint density at radius 3 is 2.77 bits per heavy atom. The summed E-state index contributed by atoms with van der Waals surface area (Å²) in [5.41, 5.74) is 1.79. The molecule has 0 radical (unpaired) electrons. The molecule has 118 valence electrons. The summed E-state index contributed by atoms with van der Waals surface area (Å²) >= 11 is 6.25. The zero-order valence-corrected chi connectivity index (χ0v) is 13.7. The fourth-order valence-corrected chi connectivity index (χ4v) is 2.79. The largest absolute Gasteiger partial charge is 0.459 e. The Morgan fingerprint density at radius 2 is 2.14 bits per heavy atom. The summed E-state index contributed by atoms with van der Waals surface area (Å²) < 4.78 is 5.45. The molecule has 0 saturated carbocycles. The number of hydrogen-bond donors (Lipinski definition) is 1. The molecular weight excluding hydrogens is 302 g/mol. The Bertz CT molecular complexity index is 624. The molecule has 1 aromatic carbocycles. The first-order chi connectivity index (χ1) is 10.4. The number of carbonyl (C=O) groups excluding carboxylic acids is 2. The summed E-state index contributed by atoms with van der Waals surface area (Å²) in [6, 6.07) is 7.27. The number of nitrogens with one attached hydrogen (secondary N) is 1. The van der Waals surface area contributed by atoms with Gasteiger partial charge in [0, 0.05) is 23.1 Å². The Hall–Kier alpha value is -1.81. The third kappa shape index (κ3) is 3.50. The average Bonchev–Trinajstić information content (AvgIpc) is 2.46. The van der Waals surface area contributed by atoms with E-state index in [0.29, 0.717) is 16.3 Å². The third-order valence-corrected chi connectivity index (χ3v) is 4.20. The van der Waals surface area contributed by atoms with Gasteiger partial charge in [-0.1, -0.05) is 36.7 Å². The Labute approximate surface area is 135 Å². The summed E-state index contributed by atoms with van der Waals surface area (Å²) in [6.07, 6.45) is 0.755. The minimum Gasteiger partial charge on any atom is -0.459 e. The minimum absolute atomic E-state index is 0.123. The number of esters is 1. The van der Waals surface area contributed by atoms with Crippen molar-refractivity contribution in [1.82, 2.24) is 5.32 Å². The quantitative estimate of drug-likeness (QED) is 0.863. The highest BCUT2D eigenvalue weighted by atomic mass is 35.5. The number of ether oxygens (including phenoxy) is 1. The van der Waals surface area contributed by atoms with E-state index in [9.17, 15) is 9.59 Å². The van der Waals surface area contributed by atoms with Crippen LogP contribution in [0.5, 0.6) is 0 Å². The average molecular weight is 322 g/mol. The standard InChI is InChI=1S/C17H20ClNO3/c1-4-10(2)22-17(21)16-11(3)19-15(20)9-13(16)12-7-5-6-8-14(12)18/h5-8,10,13H,4,9H2,1-3H3,(H,19,20)/t10-,13+/m0/s1. The Balaban J connectivity index is 2.41. The molecule has 1 N–H and O–H groups in total. The summed E-state index contributed by atoms with van der Waals surface area (Å²) in [5.74, 6) is -0.890. The molecule has 1 aromatic rings. The van der Waals surface area contributed by atoms with Gasteiger partial charge in [0.1, 0.15) is 0 Å². The predicted octanol–water partition coefficient (Wildman–Crippen LogP) is 3.56. The highest BCUT2D eigenvalue weighted by Crippen LogP contribution is 2.37. The third-order valence-electron chi connectivity index (χ3n) is 3.85. The molecular formula is C17H20ClNO3. The molecule has 1 heterocycles. The maximum atomic E-state index is 12.5. The maximum absolute atomic E-state index is 12.5. The van der Waals surface area contributed by atoms with Crippen LogP contribution in [0, 0.1) is 0 Å². The monoisotopic (exact) mass is 321 g/mol. The van der Waals surface area contributed by atoms with Crippen molar-refractivity contribution in [3.05, 3.63) is 46.1 Å². The van der Waals surface area contributed by atoms with Crippen LogP contribution in [0.3, 0.4) is 0 Å². The van der Waals surface area contributed by atoms with Gasteiger partial charge < -0.3 is 10.1 Å². The second-order valence-corrected chi connectivity index (χ2v) is 5.90. The molecule has 0 aromatic heterocycles. The Morgan fingerprint density at radius 1 is 1.45 bits per heavy atom. The van der Waals surface area contributed by atoms with Crippen molar-refractivity contribution in [2.75, 3.05) is 0 Å². The molecule has 0 bridgehead atoms. The number of rotatable bonds is 4. The van der Waals surface area contributed by atoms with E-state index in [1.165, 1.54) is 0 Å². The smallest absolute Gasteiger partial charge is 0.336 e. The van der Waals surface area contributed by atoms with Gasteiger partial charge in [-0.25, -0.2) is 4.79 Å². The van der Waals surface area contributed by atoms with Crippen molar-refractivity contribution in [3.63, 3.8) is 0 Å². The first-order valence-corrected chi connectivity index (χ1v) is 7.77. The van der Waals surface area contributed by atoms with Crippen LogP contribution in [0.4, 0.5) is 0 Å². The van der Waals surface area contributed by atoms with Gasteiger partial charge in [0.15, 0.2) is 0 Å². The molecule has 0 spiro atoms. The van der Waals surface area contributed by atoms with E-state index in [1.54, 1.807) is 13.0 Å². The van der Waals surface area contributed by atoms with Gasteiger partial charge in [-0.05, 0) is 31.9 Å². The van der Waals surface area contributed by atoms with Gasteiger partial charge in [-0.2, -0.15) is 0 Å². The van der Waals surface area contributed by atoms with Crippen LogP contribution in [-0.4, -0.2) is 18.0 Å². The van der Waals surface area contributed by atoms with Gasteiger partial charge in [0.05, 0.1) is 11.7 Å². The first-order valence-electron chi connectivity index (χ1n) is 7.40. The highest BCUT2D eigenvalue weighted by molar-refractivity contribution is 6.31. The lowest BCUT2D eigenvalue weighted by atomic mass is 9.84. The van der Waals surface area contributed by atoms with E-state index in [2.05, 4.69) is 5.32 Å². The van der Waals surface area contributed by atoms with Crippen LogP contribution < -0.4 is 5.32 Å². The molecule has 1 amide bonds. The number of carbonyl (C=O) groups is 2. The van der Waals surface area contributed by atoms with Crippen LogP contribution in [0.2, 0.25) is 5.02 Å². The normalized spacial score (nSPS) is 19.6. The van der Waals surface area contributed by atoms with E-state index in [-0.39, 0.29) is 24.3 Å². The van der Waals surface area contributed by atoms with E-state index in [4.69, 9.17) is 16.3 Å². The van der Waals surface area contributed by atoms with Crippen molar-refractivity contribution in [1.29, 1.82) is 0 Å². The van der Waals surface area contributed by atoms with Gasteiger partial charge in [0.25, 0.3) is 0 Å². The summed E-state index contributed by atoms with van der Waals surface area (Å²) in [6.45, 7) is 5.52. The van der Waals surface area contributed by atoms with Crippen LogP contribution in [0.1, 0.15) is 45.1 Å². The molecule has 0 fully saturated rings. The molecule has 22 heavy (non-hydrogen) atoms. The molecule has 2 atom stereocenters. The second-order valence-electron chi connectivity index (χ2n) is 5.49. The first kappa shape index (κ1) is 16.6. The van der Waals surface area contributed by atoms with Crippen LogP contribution in [-0.2, 0) is 14.3 Å². The van der Waals surface area contributed by atoms with Crippen molar-refractivity contribution in [2.24, 2.45) is 0 Å². The fourth-order valence-electron chi connectivity index (χ4n) is 2.52. The van der Waals surface area contributed by atoms with Crippen molar-refractivity contribution in [2.45, 2.75) is 45.6 Å². The Kier molecular flexibility index (Phi) is 5.24. The van der Waals surface area contributed by atoms with E-state index >= 15 is 0 Å². The van der Waals surface area contributed by atoms with E-state index < -0.39 is 5.97 Å². The summed E-state index contributed by atoms with van der Waals surface area (Å²) in [4.78, 5) is 24.4. The second kappa shape index (κ2) is 6.97. The number of amides is 1.